The summed E-state index contributed by atoms with van der Waals surface area (Å²) >= 11 is 0. The van der Waals surface area contributed by atoms with Gasteiger partial charge in [-0.25, -0.2) is 4.68 Å². The number of furan rings is 1. The lowest BCUT2D eigenvalue weighted by Gasteiger charge is -2.43. The Kier molecular flexibility index (Phi) is 3.74. The number of carbonyl (C=O) groups excluding carboxylic acids is 1. The van der Waals surface area contributed by atoms with E-state index in [4.69, 9.17) is 9.15 Å². The van der Waals surface area contributed by atoms with Crippen molar-refractivity contribution in [2.24, 2.45) is 5.92 Å². The molecule has 0 aliphatic carbocycles. The Hall–Kier alpha value is -2.56. The molecule has 0 saturated carbocycles. The number of rotatable bonds is 3. The maximum atomic E-state index is 13.6. The molecule has 24 heavy (non-hydrogen) atoms. The van der Waals surface area contributed by atoms with Crippen LogP contribution >= 0.6 is 0 Å². The van der Waals surface area contributed by atoms with Crippen LogP contribution in [-0.2, 0) is 9.53 Å². The van der Waals surface area contributed by atoms with Crippen LogP contribution in [0.4, 0.5) is 19.1 Å². The minimum absolute atomic E-state index is 0.147. The topological polar surface area (TPSA) is 102 Å². The molecule has 3 rings (SSSR count). The van der Waals surface area contributed by atoms with Crippen molar-refractivity contribution in [2.45, 2.75) is 24.9 Å². The predicted molar refractivity (Wildman–Crippen MR) is 71.6 cm³/mol. The van der Waals surface area contributed by atoms with Gasteiger partial charge in [0.2, 0.25) is 5.95 Å². The molecule has 8 nitrogen and oxygen atoms in total. The van der Waals surface area contributed by atoms with Crippen LogP contribution in [0.25, 0.3) is 0 Å². The summed E-state index contributed by atoms with van der Waals surface area (Å²) in [6.45, 7) is 1.31. The Bertz CT molecular complexity index is 730. The maximum absolute atomic E-state index is 13.6. The molecular formula is C13H13F3N4O4. The van der Waals surface area contributed by atoms with Gasteiger partial charge in [0.05, 0.1) is 19.1 Å². The zero-order valence-electron chi connectivity index (χ0n) is 12.3. The Balaban J connectivity index is 2.21. The van der Waals surface area contributed by atoms with E-state index in [0.29, 0.717) is 0 Å². The Morgan fingerprint density at radius 2 is 2.33 bits per heavy atom. The third-order valence-corrected chi connectivity index (χ3v) is 3.76. The van der Waals surface area contributed by atoms with E-state index in [0.717, 1.165) is 11.0 Å². The number of alkyl halides is 3. The monoisotopic (exact) mass is 346 g/mol. The van der Waals surface area contributed by atoms with Crippen molar-refractivity contribution >= 4 is 11.9 Å². The average Bonchev–Trinajstić information content (AvgIpc) is 3.15. The van der Waals surface area contributed by atoms with E-state index < -0.39 is 29.8 Å². The summed E-state index contributed by atoms with van der Waals surface area (Å²) in [7, 11) is 0. The molecule has 2 N–H and O–H groups in total. The molecule has 0 fully saturated rings. The lowest BCUT2D eigenvalue weighted by molar-refractivity contribution is -0.274. The highest BCUT2D eigenvalue weighted by atomic mass is 19.4. The summed E-state index contributed by atoms with van der Waals surface area (Å²) in [4.78, 5) is 15.9. The quantitative estimate of drug-likeness (QED) is 0.808. The van der Waals surface area contributed by atoms with E-state index in [2.05, 4.69) is 10.1 Å². The molecule has 1 aliphatic heterocycles. The van der Waals surface area contributed by atoms with E-state index in [9.17, 15) is 23.1 Å². The highest BCUT2D eigenvalue weighted by molar-refractivity contribution is 5.77. The normalized spacial score (nSPS) is 26.5. The van der Waals surface area contributed by atoms with Crippen LogP contribution in [0.15, 0.2) is 29.3 Å². The van der Waals surface area contributed by atoms with Crippen molar-refractivity contribution < 1.29 is 32.2 Å². The van der Waals surface area contributed by atoms with Crippen molar-refractivity contribution in [1.29, 1.82) is 0 Å². The van der Waals surface area contributed by atoms with Gasteiger partial charge in [-0.05, 0) is 13.0 Å². The van der Waals surface area contributed by atoms with Gasteiger partial charge in [-0.2, -0.15) is 23.3 Å². The van der Waals surface area contributed by atoms with Gasteiger partial charge in [-0.1, -0.05) is 0 Å². The second-order valence-corrected chi connectivity index (χ2v) is 5.15. The number of fused-ring (bicyclic) bond motifs is 1. The summed E-state index contributed by atoms with van der Waals surface area (Å²) in [6, 6.07) is 0.0676. The molecular weight excluding hydrogens is 333 g/mol. The Morgan fingerprint density at radius 1 is 1.58 bits per heavy atom. The van der Waals surface area contributed by atoms with Gasteiger partial charge in [0.1, 0.15) is 18.3 Å². The average molecular weight is 346 g/mol. The fourth-order valence-corrected chi connectivity index (χ4v) is 2.72. The summed E-state index contributed by atoms with van der Waals surface area (Å²) in [6.07, 6.45) is -1.75. The van der Waals surface area contributed by atoms with E-state index >= 15 is 0 Å². The van der Waals surface area contributed by atoms with Gasteiger partial charge in [0.25, 0.3) is 5.72 Å². The van der Waals surface area contributed by atoms with Crippen molar-refractivity contribution in [3.05, 3.63) is 30.5 Å². The van der Waals surface area contributed by atoms with Gasteiger partial charge in [0, 0.05) is 5.56 Å². The van der Waals surface area contributed by atoms with Gasteiger partial charge >= 0.3 is 12.1 Å². The van der Waals surface area contributed by atoms with Gasteiger partial charge in [-0.15, -0.1) is 0 Å². The first-order valence-electron chi connectivity index (χ1n) is 6.95. The molecule has 2 aromatic heterocycles. The smallest absolute Gasteiger partial charge is 0.437 e. The fourth-order valence-electron chi connectivity index (χ4n) is 2.72. The van der Waals surface area contributed by atoms with Crippen LogP contribution in [-0.4, -0.2) is 44.3 Å². The summed E-state index contributed by atoms with van der Waals surface area (Å²) in [5.74, 6) is -3.61. The molecule has 0 saturated heterocycles. The first kappa shape index (κ1) is 16.3. The number of nitrogens with one attached hydrogen (secondary N) is 1. The molecule has 3 atom stereocenters. The zero-order chi connectivity index (χ0) is 17.5. The predicted octanol–water partition coefficient (Wildman–Crippen LogP) is 1.32. The maximum Gasteiger partial charge on any atom is 0.437 e. The largest absolute Gasteiger partial charge is 0.472 e. The molecule has 0 bridgehead atoms. The van der Waals surface area contributed by atoms with E-state index in [1.54, 1.807) is 0 Å². The minimum Gasteiger partial charge on any atom is -0.472 e. The number of hydrogen-bond donors (Lipinski definition) is 2. The molecule has 3 heterocycles. The molecule has 130 valence electrons. The molecule has 0 aromatic carbocycles. The number of hydrogen-bond acceptors (Lipinski definition) is 7. The number of anilines is 1. The Labute approximate surface area is 133 Å². The lowest BCUT2D eigenvalue weighted by atomic mass is 9.83. The molecule has 0 amide bonds. The Morgan fingerprint density at radius 3 is 2.92 bits per heavy atom. The van der Waals surface area contributed by atoms with Crippen LogP contribution in [0.2, 0.25) is 0 Å². The SMILES string of the molecule is CCOC(=O)[C@@H]1[C@@H](c2ccoc2)n2ncnc2N[C@]1(O)C(F)(F)F. The van der Waals surface area contributed by atoms with Gasteiger partial charge in [0.15, 0.2) is 0 Å². The van der Waals surface area contributed by atoms with Crippen LogP contribution in [0.1, 0.15) is 18.5 Å². The lowest BCUT2D eigenvalue weighted by Crippen LogP contribution is -2.64. The molecule has 2 aromatic rings. The number of aromatic nitrogens is 3. The molecule has 0 spiro atoms. The van der Waals surface area contributed by atoms with Crippen LogP contribution in [0, 0.1) is 5.92 Å². The second kappa shape index (κ2) is 5.51. The van der Waals surface area contributed by atoms with E-state index in [-0.39, 0.29) is 18.1 Å². The van der Waals surface area contributed by atoms with Crippen molar-refractivity contribution in [3.63, 3.8) is 0 Å². The van der Waals surface area contributed by atoms with Crippen LogP contribution in [0.3, 0.4) is 0 Å². The van der Waals surface area contributed by atoms with E-state index in [1.807, 2.05) is 5.32 Å². The number of carbonyl (C=O) groups is 1. The summed E-state index contributed by atoms with van der Waals surface area (Å²) < 4.78 is 51.5. The first-order valence-corrected chi connectivity index (χ1v) is 6.95. The number of halogens is 3. The molecule has 1 aliphatic rings. The standard InChI is InChI=1S/C13H13F3N4O4/c1-2-24-10(21)8-9(7-3-4-23-5-7)20-11(17-6-18-20)19-12(8,22)13(14,15)16/h3-6,8-9,22H,2H2,1H3,(H,17,18,19)/t8-,9+,12+/m0/s1. The highest BCUT2D eigenvalue weighted by Gasteiger charge is 2.67. The molecule has 0 unspecified atom stereocenters. The van der Waals surface area contributed by atoms with Crippen molar-refractivity contribution in [1.82, 2.24) is 14.8 Å². The van der Waals surface area contributed by atoms with Crippen molar-refractivity contribution in [3.8, 4) is 0 Å². The number of esters is 1. The third kappa shape index (κ3) is 2.31. The van der Waals surface area contributed by atoms with Crippen LogP contribution < -0.4 is 5.32 Å². The third-order valence-electron chi connectivity index (χ3n) is 3.76. The van der Waals surface area contributed by atoms with Gasteiger partial charge in [-0.3, -0.25) is 4.79 Å². The summed E-state index contributed by atoms with van der Waals surface area (Å²) in [5.41, 5.74) is -3.37. The minimum atomic E-state index is -5.18. The molecule has 0 radical (unpaired) electrons. The summed E-state index contributed by atoms with van der Waals surface area (Å²) in [5, 5.41) is 16.1. The van der Waals surface area contributed by atoms with Gasteiger partial charge < -0.3 is 19.6 Å². The van der Waals surface area contributed by atoms with Crippen LogP contribution in [0.5, 0.6) is 0 Å². The van der Waals surface area contributed by atoms with E-state index in [1.165, 1.54) is 25.5 Å². The first-order chi connectivity index (χ1) is 11.3. The number of ether oxygens (including phenoxy) is 1. The molecule has 11 heteroatoms. The number of aliphatic hydroxyl groups is 1. The van der Waals surface area contributed by atoms with Crippen molar-refractivity contribution in [2.75, 3.05) is 11.9 Å². The fraction of sp³-hybridized carbons (Fsp3) is 0.462. The second-order valence-electron chi connectivity index (χ2n) is 5.15. The number of nitrogens with zero attached hydrogens (tertiary/aromatic N) is 3. The zero-order valence-corrected chi connectivity index (χ0v) is 12.3. The highest BCUT2D eigenvalue weighted by Crippen LogP contribution is 2.47.